The lowest BCUT2D eigenvalue weighted by atomic mass is 10.2. The van der Waals surface area contributed by atoms with Crippen LogP contribution in [0.5, 0.6) is 5.75 Å². The summed E-state index contributed by atoms with van der Waals surface area (Å²) in [6, 6.07) is 24.0. The number of amides is 2. The first kappa shape index (κ1) is 20.3. The summed E-state index contributed by atoms with van der Waals surface area (Å²) in [5, 5.41) is 6.32. The Hall–Kier alpha value is -3.45. The van der Waals surface area contributed by atoms with E-state index in [9.17, 15) is 9.59 Å². The lowest BCUT2D eigenvalue weighted by molar-refractivity contribution is -0.136. The fourth-order valence-corrected chi connectivity index (χ4v) is 2.63. The highest BCUT2D eigenvalue weighted by Gasteiger charge is 2.12. The van der Waals surface area contributed by atoms with Crippen LogP contribution >= 0.6 is 15.9 Å². The Morgan fingerprint density at radius 2 is 1.69 bits per heavy atom. The third-order valence-corrected chi connectivity index (χ3v) is 4.32. The number of hydrogen-bond acceptors (Lipinski definition) is 4. The maximum absolute atomic E-state index is 11.9. The van der Waals surface area contributed by atoms with E-state index in [0.717, 1.165) is 15.6 Å². The van der Waals surface area contributed by atoms with E-state index in [-0.39, 0.29) is 0 Å². The summed E-state index contributed by atoms with van der Waals surface area (Å²) < 4.78 is 6.63. The second kappa shape index (κ2) is 10.2. The van der Waals surface area contributed by atoms with Gasteiger partial charge in [-0.3, -0.25) is 9.59 Å². The molecule has 0 spiro atoms. The largest absolute Gasteiger partial charge is 0.489 e. The average molecular weight is 452 g/mol. The van der Waals surface area contributed by atoms with Crippen molar-refractivity contribution in [3.05, 3.63) is 94.5 Å². The summed E-state index contributed by atoms with van der Waals surface area (Å²) in [4.78, 5) is 23.7. The molecule has 2 N–H and O–H groups in total. The molecule has 0 saturated heterocycles. The minimum absolute atomic E-state index is 0.453. The van der Waals surface area contributed by atoms with Crippen molar-refractivity contribution >= 4 is 39.6 Å². The van der Waals surface area contributed by atoms with Crippen LogP contribution in [-0.2, 0) is 16.2 Å². The van der Waals surface area contributed by atoms with Gasteiger partial charge in [0.1, 0.15) is 12.4 Å². The number of hydrazone groups is 1. The fraction of sp³-hybridized carbons (Fsp3) is 0.0455. The van der Waals surface area contributed by atoms with Crippen molar-refractivity contribution in [2.24, 2.45) is 5.10 Å². The van der Waals surface area contributed by atoms with E-state index in [2.05, 4.69) is 31.8 Å². The summed E-state index contributed by atoms with van der Waals surface area (Å²) >= 11 is 3.30. The molecule has 0 aliphatic heterocycles. The van der Waals surface area contributed by atoms with Gasteiger partial charge in [-0.15, -0.1) is 0 Å². The highest BCUT2D eigenvalue weighted by Crippen LogP contribution is 2.15. The SMILES string of the molecule is O=C(N/N=C/c1cccc(OCc2ccccc2)c1)C(=O)Nc1ccc(Br)cc1. The molecule has 3 aromatic carbocycles. The smallest absolute Gasteiger partial charge is 0.329 e. The van der Waals surface area contributed by atoms with Crippen LogP contribution in [0.3, 0.4) is 0 Å². The molecule has 0 radical (unpaired) electrons. The van der Waals surface area contributed by atoms with Crippen molar-refractivity contribution in [3.63, 3.8) is 0 Å². The Kier molecular flexibility index (Phi) is 7.13. The standard InChI is InChI=1S/C22H18BrN3O3/c23-18-9-11-19(12-10-18)25-21(27)22(28)26-24-14-17-7-4-8-20(13-17)29-15-16-5-2-1-3-6-16/h1-14H,15H2,(H,25,27)(H,26,28)/b24-14+. The van der Waals surface area contributed by atoms with Gasteiger partial charge in [0.25, 0.3) is 0 Å². The first-order valence-electron chi connectivity index (χ1n) is 8.77. The second-order valence-corrected chi connectivity index (χ2v) is 6.92. The number of anilines is 1. The summed E-state index contributed by atoms with van der Waals surface area (Å²) in [5.74, 6) is -0.984. The third kappa shape index (κ3) is 6.58. The van der Waals surface area contributed by atoms with Crippen LogP contribution < -0.4 is 15.5 Å². The zero-order valence-electron chi connectivity index (χ0n) is 15.3. The summed E-state index contributed by atoms with van der Waals surface area (Å²) in [7, 11) is 0. The zero-order chi connectivity index (χ0) is 20.5. The topological polar surface area (TPSA) is 79.8 Å². The molecule has 0 unspecified atom stereocenters. The summed E-state index contributed by atoms with van der Waals surface area (Å²) in [6.45, 7) is 0.453. The van der Waals surface area contributed by atoms with E-state index < -0.39 is 11.8 Å². The first-order valence-corrected chi connectivity index (χ1v) is 9.56. The van der Waals surface area contributed by atoms with Gasteiger partial charge in [0, 0.05) is 10.2 Å². The molecule has 2 amide bonds. The first-order chi connectivity index (χ1) is 14.1. The predicted molar refractivity (Wildman–Crippen MR) is 116 cm³/mol. The van der Waals surface area contributed by atoms with Crippen LogP contribution in [0, 0.1) is 0 Å². The number of nitrogens with one attached hydrogen (secondary N) is 2. The summed E-state index contributed by atoms with van der Waals surface area (Å²) in [6.07, 6.45) is 1.44. The van der Waals surface area contributed by atoms with E-state index in [1.54, 1.807) is 30.3 Å². The highest BCUT2D eigenvalue weighted by molar-refractivity contribution is 9.10. The zero-order valence-corrected chi connectivity index (χ0v) is 16.9. The number of nitrogens with zero attached hydrogens (tertiary/aromatic N) is 1. The third-order valence-electron chi connectivity index (χ3n) is 3.79. The van der Waals surface area contributed by atoms with Crippen LogP contribution in [0.15, 0.2) is 88.4 Å². The number of benzene rings is 3. The van der Waals surface area contributed by atoms with Gasteiger partial charge in [0.15, 0.2) is 0 Å². The van der Waals surface area contributed by atoms with Gasteiger partial charge in [0.2, 0.25) is 0 Å². The number of carbonyl (C=O) groups excluding carboxylic acids is 2. The Morgan fingerprint density at radius 3 is 2.45 bits per heavy atom. The van der Waals surface area contributed by atoms with Gasteiger partial charge in [-0.25, -0.2) is 5.43 Å². The van der Waals surface area contributed by atoms with Gasteiger partial charge in [-0.1, -0.05) is 58.4 Å². The monoisotopic (exact) mass is 451 g/mol. The van der Waals surface area contributed by atoms with Crippen molar-refractivity contribution in [3.8, 4) is 5.75 Å². The van der Waals surface area contributed by atoms with E-state index >= 15 is 0 Å². The maximum Gasteiger partial charge on any atom is 0.329 e. The van der Waals surface area contributed by atoms with Crippen molar-refractivity contribution in [1.82, 2.24) is 5.43 Å². The van der Waals surface area contributed by atoms with Gasteiger partial charge < -0.3 is 10.1 Å². The molecule has 7 heteroatoms. The lowest BCUT2D eigenvalue weighted by Gasteiger charge is -2.07. The van der Waals surface area contributed by atoms with E-state index in [1.807, 2.05) is 48.5 Å². The normalized spacial score (nSPS) is 10.5. The quantitative estimate of drug-likeness (QED) is 0.336. The number of hydrogen-bond donors (Lipinski definition) is 2. The highest BCUT2D eigenvalue weighted by atomic mass is 79.9. The Balaban J connectivity index is 1.51. The molecule has 3 aromatic rings. The second-order valence-electron chi connectivity index (χ2n) is 6.01. The lowest BCUT2D eigenvalue weighted by Crippen LogP contribution is -2.32. The molecule has 0 fully saturated rings. The number of halogens is 1. The van der Waals surface area contributed by atoms with Gasteiger partial charge in [-0.05, 0) is 47.5 Å². The molecule has 0 aromatic heterocycles. The molecule has 0 aliphatic rings. The summed E-state index contributed by atoms with van der Waals surface area (Å²) in [5.41, 5.74) is 4.51. The van der Waals surface area contributed by atoms with Gasteiger partial charge in [0.05, 0.1) is 6.21 Å². The Bertz CT molecular complexity index is 1010. The molecule has 0 saturated carbocycles. The molecule has 0 aliphatic carbocycles. The molecule has 0 bridgehead atoms. The van der Waals surface area contributed by atoms with E-state index in [4.69, 9.17) is 4.74 Å². The molecule has 3 rings (SSSR count). The molecule has 0 heterocycles. The van der Waals surface area contributed by atoms with Crippen LogP contribution in [0.25, 0.3) is 0 Å². The van der Waals surface area contributed by atoms with E-state index in [1.165, 1.54) is 6.21 Å². The van der Waals surface area contributed by atoms with E-state index in [0.29, 0.717) is 18.0 Å². The molecule has 29 heavy (non-hydrogen) atoms. The molecular weight excluding hydrogens is 434 g/mol. The van der Waals surface area contributed by atoms with Crippen LogP contribution in [0.4, 0.5) is 5.69 Å². The predicted octanol–water partition coefficient (Wildman–Crippen LogP) is 4.12. The Labute approximate surface area is 176 Å². The van der Waals surface area contributed by atoms with Crippen molar-refractivity contribution in [1.29, 1.82) is 0 Å². The van der Waals surface area contributed by atoms with Gasteiger partial charge >= 0.3 is 11.8 Å². The van der Waals surface area contributed by atoms with Crippen molar-refractivity contribution in [2.45, 2.75) is 6.61 Å². The van der Waals surface area contributed by atoms with Gasteiger partial charge in [-0.2, -0.15) is 5.10 Å². The van der Waals surface area contributed by atoms with Crippen LogP contribution in [-0.4, -0.2) is 18.0 Å². The molecule has 0 atom stereocenters. The number of rotatable bonds is 6. The molecular formula is C22H18BrN3O3. The molecule has 146 valence electrons. The van der Waals surface area contributed by atoms with Crippen molar-refractivity contribution in [2.75, 3.05) is 5.32 Å². The number of ether oxygens (including phenoxy) is 1. The number of carbonyl (C=O) groups is 2. The minimum Gasteiger partial charge on any atom is -0.489 e. The molecule has 6 nitrogen and oxygen atoms in total. The van der Waals surface area contributed by atoms with Crippen LogP contribution in [0.1, 0.15) is 11.1 Å². The Morgan fingerprint density at radius 1 is 0.931 bits per heavy atom. The van der Waals surface area contributed by atoms with Crippen molar-refractivity contribution < 1.29 is 14.3 Å². The minimum atomic E-state index is -0.861. The maximum atomic E-state index is 11.9. The van der Waals surface area contributed by atoms with Crippen LogP contribution in [0.2, 0.25) is 0 Å². The average Bonchev–Trinajstić information content (AvgIpc) is 2.75. The fourth-order valence-electron chi connectivity index (χ4n) is 2.36.